The highest BCUT2D eigenvalue weighted by Crippen LogP contribution is 2.15. The number of rotatable bonds is 6. The SMILES string of the molecule is CNC(=O)c1cc(S(=O)(=O)NCCC(C)C)ccc1C. The van der Waals surface area contributed by atoms with Gasteiger partial charge in [-0.1, -0.05) is 19.9 Å². The van der Waals surface area contributed by atoms with E-state index in [4.69, 9.17) is 0 Å². The fourth-order valence-electron chi connectivity index (χ4n) is 1.71. The van der Waals surface area contributed by atoms with E-state index in [9.17, 15) is 13.2 Å². The van der Waals surface area contributed by atoms with Gasteiger partial charge in [0.05, 0.1) is 4.90 Å². The van der Waals surface area contributed by atoms with Crippen LogP contribution in [0.5, 0.6) is 0 Å². The van der Waals surface area contributed by atoms with Crippen LogP contribution in [0.3, 0.4) is 0 Å². The Morgan fingerprint density at radius 1 is 1.30 bits per heavy atom. The predicted octanol–water partition coefficient (Wildman–Crippen LogP) is 1.68. The summed E-state index contributed by atoms with van der Waals surface area (Å²) in [7, 11) is -2.05. The Balaban J connectivity index is 2.98. The molecule has 1 amide bonds. The van der Waals surface area contributed by atoms with Crippen molar-refractivity contribution in [3.63, 3.8) is 0 Å². The zero-order valence-corrected chi connectivity index (χ0v) is 13.2. The molecule has 0 radical (unpaired) electrons. The summed E-state index contributed by atoms with van der Waals surface area (Å²) in [6.07, 6.45) is 0.771. The minimum atomic E-state index is -3.57. The lowest BCUT2D eigenvalue weighted by Crippen LogP contribution is -2.26. The van der Waals surface area contributed by atoms with Gasteiger partial charge in [-0.15, -0.1) is 0 Å². The molecular weight excluding hydrogens is 276 g/mol. The van der Waals surface area contributed by atoms with Crippen molar-refractivity contribution in [3.8, 4) is 0 Å². The molecule has 1 aromatic carbocycles. The number of benzene rings is 1. The summed E-state index contributed by atoms with van der Waals surface area (Å²) >= 11 is 0. The van der Waals surface area contributed by atoms with Crippen LogP contribution in [0.1, 0.15) is 36.2 Å². The fraction of sp³-hybridized carbons (Fsp3) is 0.500. The Bertz CT molecular complexity index is 580. The smallest absolute Gasteiger partial charge is 0.251 e. The van der Waals surface area contributed by atoms with Gasteiger partial charge in [0.15, 0.2) is 0 Å². The molecule has 1 rings (SSSR count). The van der Waals surface area contributed by atoms with E-state index in [-0.39, 0.29) is 10.8 Å². The third kappa shape index (κ3) is 4.31. The molecule has 0 bridgehead atoms. The largest absolute Gasteiger partial charge is 0.355 e. The lowest BCUT2D eigenvalue weighted by atomic mass is 10.1. The Morgan fingerprint density at radius 2 is 1.95 bits per heavy atom. The van der Waals surface area contributed by atoms with E-state index in [2.05, 4.69) is 10.0 Å². The van der Waals surface area contributed by atoms with Gasteiger partial charge >= 0.3 is 0 Å². The molecule has 2 N–H and O–H groups in total. The van der Waals surface area contributed by atoms with E-state index < -0.39 is 10.0 Å². The summed E-state index contributed by atoms with van der Waals surface area (Å²) in [4.78, 5) is 11.8. The van der Waals surface area contributed by atoms with E-state index in [1.54, 1.807) is 13.0 Å². The van der Waals surface area contributed by atoms with Gasteiger partial charge in [0, 0.05) is 19.2 Å². The van der Waals surface area contributed by atoms with Crippen LogP contribution in [0.15, 0.2) is 23.1 Å². The first-order valence-electron chi connectivity index (χ1n) is 6.60. The van der Waals surface area contributed by atoms with Crippen molar-refractivity contribution in [2.24, 2.45) is 5.92 Å². The van der Waals surface area contributed by atoms with Crippen molar-refractivity contribution in [1.29, 1.82) is 0 Å². The van der Waals surface area contributed by atoms with E-state index in [0.29, 0.717) is 18.0 Å². The second-order valence-electron chi connectivity index (χ2n) is 5.14. The highest BCUT2D eigenvalue weighted by atomic mass is 32.2. The Labute approximate surface area is 120 Å². The second-order valence-corrected chi connectivity index (χ2v) is 6.90. The van der Waals surface area contributed by atoms with E-state index in [0.717, 1.165) is 12.0 Å². The minimum absolute atomic E-state index is 0.116. The summed E-state index contributed by atoms with van der Waals surface area (Å²) in [5.74, 6) is 0.138. The molecule has 0 aromatic heterocycles. The van der Waals surface area contributed by atoms with Crippen LogP contribution in [0.2, 0.25) is 0 Å². The molecule has 0 heterocycles. The maximum Gasteiger partial charge on any atom is 0.251 e. The van der Waals surface area contributed by atoms with Crippen molar-refractivity contribution in [2.75, 3.05) is 13.6 Å². The van der Waals surface area contributed by atoms with Crippen LogP contribution in [0.4, 0.5) is 0 Å². The number of carbonyl (C=O) groups is 1. The molecule has 0 saturated carbocycles. The summed E-state index contributed by atoms with van der Waals surface area (Å²) in [5, 5.41) is 2.50. The van der Waals surface area contributed by atoms with Crippen molar-refractivity contribution in [3.05, 3.63) is 29.3 Å². The number of nitrogens with one attached hydrogen (secondary N) is 2. The zero-order valence-electron chi connectivity index (χ0n) is 12.4. The van der Waals surface area contributed by atoms with Gasteiger partial charge in [-0.3, -0.25) is 4.79 Å². The lowest BCUT2D eigenvalue weighted by molar-refractivity contribution is 0.0962. The molecule has 112 valence electrons. The van der Waals surface area contributed by atoms with Crippen molar-refractivity contribution in [2.45, 2.75) is 32.1 Å². The van der Waals surface area contributed by atoms with E-state index in [1.165, 1.54) is 19.2 Å². The van der Waals surface area contributed by atoms with Crippen LogP contribution in [0.25, 0.3) is 0 Å². The summed E-state index contributed by atoms with van der Waals surface area (Å²) in [6, 6.07) is 4.56. The van der Waals surface area contributed by atoms with E-state index in [1.807, 2.05) is 13.8 Å². The molecule has 6 heteroatoms. The second kappa shape index (κ2) is 6.85. The average molecular weight is 298 g/mol. The van der Waals surface area contributed by atoms with Gasteiger partial charge in [0.2, 0.25) is 10.0 Å². The number of sulfonamides is 1. The quantitative estimate of drug-likeness (QED) is 0.839. The van der Waals surface area contributed by atoms with Crippen molar-refractivity contribution < 1.29 is 13.2 Å². The average Bonchev–Trinajstić information content (AvgIpc) is 2.37. The van der Waals surface area contributed by atoms with Gasteiger partial charge < -0.3 is 5.32 Å². The maximum atomic E-state index is 12.1. The molecular formula is C14H22N2O3S. The molecule has 0 aliphatic heterocycles. The first-order valence-corrected chi connectivity index (χ1v) is 8.08. The minimum Gasteiger partial charge on any atom is -0.355 e. The standard InChI is InChI=1S/C14H22N2O3S/c1-10(2)7-8-16-20(18,19)12-6-5-11(3)13(9-12)14(17)15-4/h5-6,9-10,16H,7-8H2,1-4H3,(H,15,17). The Kier molecular flexibility index (Phi) is 5.71. The van der Waals surface area contributed by atoms with Gasteiger partial charge in [0.25, 0.3) is 5.91 Å². The van der Waals surface area contributed by atoms with Crippen molar-refractivity contribution >= 4 is 15.9 Å². The summed E-state index contributed by atoms with van der Waals surface area (Å²) in [5.41, 5.74) is 1.12. The van der Waals surface area contributed by atoms with Gasteiger partial charge in [-0.2, -0.15) is 0 Å². The first kappa shape index (κ1) is 16.7. The molecule has 1 aromatic rings. The number of hydrogen-bond donors (Lipinski definition) is 2. The zero-order chi connectivity index (χ0) is 15.3. The van der Waals surface area contributed by atoms with Crippen LogP contribution in [-0.4, -0.2) is 27.9 Å². The topological polar surface area (TPSA) is 75.3 Å². The lowest BCUT2D eigenvalue weighted by Gasteiger charge is -2.10. The van der Waals surface area contributed by atoms with Crippen LogP contribution < -0.4 is 10.0 Å². The number of hydrogen-bond acceptors (Lipinski definition) is 3. The summed E-state index contributed by atoms with van der Waals surface area (Å²) < 4.78 is 26.8. The van der Waals surface area contributed by atoms with Crippen LogP contribution in [-0.2, 0) is 10.0 Å². The molecule has 0 aliphatic rings. The number of amides is 1. The maximum absolute atomic E-state index is 12.1. The van der Waals surface area contributed by atoms with Crippen molar-refractivity contribution in [1.82, 2.24) is 10.0 Å². The predicted molar refractivity (Wildman–Crippen MR) is 79.2 cm³/mol. The number of carbonyl (C=O) groups excluding carboxylic acids is 1. The molecule has 0 unspecified atom stereocenters. The Hall–Kier alpha value is -1.40. The molecule has 0 fully saturated rings. The molecule has 0 spiro atoms. The third-order valence-electron chi connectivity index (χ3n) is 3.00. The molecule has 5 nitrogen and oxygen atoms in total. The molecule has 0 aliphatic carbocycles. The van der Waals surface area contributed by atoms with Gasteiger partial charge in [0.1, 0.15) is 0 Å². The van der Waals surface area contributed by atoms with Gasteiger partial charge in [-0.25, -0.2) is 13.1 Å². The molecule has 20 heavy (non-hydrogen) atoms. The highest BCUT2D eigenvalue weighted by Gasteiger charge is 2.17. The van der Waals surface area contributed by atoms with Gasteiger partial charge in [-0.05, 0) is 37.0 Å². The first-order chi connectivity index (χ1) is 9.27. The van der Waals surface area contributed by atoms with Crippen LogP contribution >= 0.6 is 0 Å². The monoisotopic (exact) mass is 298 g/mol. The van der Waals surface area contributed by atoms with Crippen LogP contribution in [0, 0.1) is 12.8 Å². The Morgan fingerprint density at radius 3 is 2.50 bits per heavy atom. The molecule has 0 atom stereocenters. The number of aryl methyl sites for hydroxylation is 1. The van der Waals surface area contributed by atoms with E-state index >= 15 is 0 Å². The fourth-order valence-corrected chi connectivity index (χ4v) is 2.79. The summed E-state index contributed by atoms with van der Waals surface area (Å²) in [6.45, 7) is 6.23. The molecule has 0 saturated heterocycles. The third-order valence-corrected chi connectivity index (χ3v) is 4.46. The highest BCUT2D eigenvalue weighted by molar-refractivity contribution is 7.89. The normalized spacial score (nSPS) is 11.7.